The van der Waals surface area contributed by atoms with E-state index in [-0.39, 0.29) is 25.0 Å². The number of amides is 3. The zero-order chi connectivity index (χ0) is 20.6. The van der Waals surface area contributed by atoms with E-state index in [2.05, 4.69) is 5.48 Å². The molecule has 2 aliphatic rings. The van der Waals surface area contributed by atoms with Gasteiger partial charge in [0.05, 0.1) is 12.5 Å². The number of rotatable bonds is 10. The van der Waals surface area contributed by atoms with E-state index in [1.54, 1.807) is 16.2 Å². The van der Waals surface area contributed by atoms with Gasteiger partial charge in [-0.15, -0.1) is 11.3 Å². The summed E-state index contributed by atoms with van der Waals surface area (Å²) in [5.74, 6) is -0.585. The van der Waals surface area contributed by atoms with E-state index in [9.17, 15) is 19.6 Å². The molecule has 2 N–H and O–H groups in total. The van der Waals surface area contributed by atoms with Crippen LogP contribution in [0.3, 0.4) is 0 Å². The van der Waals surface area contributed by atoms with Gasteiger partial charge in [0, 0.05) is 11.4 Å². The molecule has 29 heavy (non-hydrogen) atoms. The van der Waals surface area contributed by atoms with Gasteiger partial charge in [0.1, 0.15) is 12.6 Å². The Bertz CT molecular complexity index is 678. The molecule has 2 fully saturated rings. The molecule has 0 spiro atoms. The first kappa shape index (κ1) is 21.7. The van der Waals surface area contributed by atoms with Crippen LogP contribution in [-0.2, 0) is 25.8 Å². The van der Waals surface area contributed by atoms with Gasteiger partial charge in [-0.3, -0.25) is 24.4 Å². The second-order valence-electron chi connectivity index (χ2n) is 7.83. The molecule has 0 radical (unpaired) electrons. The molecule has 1 aromatic heterocycles. The summed E-state index contributed by atoms with van der Waals surface area (Å²) >= 11 is 1.54. The van der Waals surface area contributed by atoms with Crippen molar-refractivity contribution >= 4 is 29.6 Å². The first-order valence-electron chi connectivity index (χ1n) is 10.2. The van der Waals surface area contributed by atoms with E-state index < -0.39 is 12.0 Å². The van der Waals surface area contributed by atoms with Crippen LogP contribution < -0.4 is 5.48 Å². The Kier molecular flexibility index (Phi) is 8.02. The Morgan fingerprint density at radius 3 is 2.83 bits per heavy atom. The highest BCUT2D eigenvalue weighted by atomic mass is 32.1. The van der Waals surface area contributed by atoms with Crippen molar-refractivity contribution in [3.63, 3.8) is 0 Å². The van der Waals surface area contributed by atoms with Crippen LogP contribution in [0.25, 0.3) is 0 Å². The summed E-state index contributed by atoms with van der Waals surface area (Å²) in [6, 6.07) is 3.25. The summed E-state index contributed by atoms with van der Waals surface area (Å²) in [6.07, 6.45) is 6.70. The fourth-order valence-corrected chi connectivity index (χ4v) is 4.97. The van der Waals surface area contributed by atoms with Crippen molar-refractivity contribution in [2.45, 2.75) is 57.6 Å². The number of nitrogens with one attached hydrogen (secondary N) is 1. The number of nitrogens with zero attached hydrogens (tertiary/aromatic N) is 2. The zero-order valence-electron chi connectivity index (χ0n) is 16.5. The molecule has 1 aliphatic heterocycles. The van der Waals surface area contributed by atoms with Crippen molar-refractivity contribution in [3.8, 4) is 0 Å². The lowest BCUT2D eigenvalue weighted by Gasteiger charge is -2.30. The highest BCUT2D eigenvalue weighted by molar-refractivity contribution is 7.09. The number of carbonyl (C=O) groups is 3. The topological polar surface area (TPSA) is 99.2 Å². The van der Waals surface area contributed by atoms with Gasteiger partial charge in [0.2, 0.25) is 12.3 Å². The Morgan fingerprint density at radius 2 is 2.14 bits per heavy atom. The standard InChI is InChI=1S/C20H29N3O5S/c24-14-22(27)12-16(11-15-5-1-2-6-15)20(26)23-9-3-8-18(23)19(25)21-28-13-17-7-4-10-29-17/h4,7,10,14-16,18,27H,1-3,5-6,8-9,11-13H2,(H,21,25)/t16-,18+/m1/s1. The third-order valence-corrected chi connectivity index (χ3v) is 6.63. The highest BCUT2D eigenvalue weighted by Gasteiger charge is 2.38. The molecule has 3 rings (SSSR count). The van der Waals surface area contributed by atoms with E-state index in [0.717, 1.165) is 37.0 Å². The van der Waals surface area contributed by atoms with Crippen LogP contribution in [0, 0.1) is 11.8 Å². The number of carbonyl (C=O) groups excluding carboxylic acids is 3. The van der Waals surface area contributed by atoms with E-state index in [1.165, 1.54) is 0 Å². The molecule has 8 nitrogen and oxygen atoms in total. The summed E-state index contributed by atoms with van der Waals surface area (Å²) in [7, 11) is 0. The first-order chi connectivity index (χ1) is 14.1. The molecule has 1 saturated carbocycles. The number of hydrogen-bond acceptors (Lipinski definition) is 6. The molecule has 1 aromatic rings. The lowest BCUT2D eigenvalue weighted by molar-refractivity contribution is -0.159. The predicted molar refractivity (Wildman–Crippen MR) is 107 cm³/mol. The molecule has 2 atom stereocenters. The monoisotopic (exact) mass is 423 g/mol. The number of thiophene rings is 1. The minimum Gasteiger partial charge on any atom is -0.330 e. The maximum absolute atomic E-state index is 13.2. The maximum Gasteiger partial charge on any atom is 0.266 e. The van der Waals surface area contributed by atoms with E-state index in [0.29, 0.717) is 36.8 Å². The van der Waals surface area contributed by atoms with Gasteiger partial charge >= 0.3 is 0 Å². The van der Waals surface area contributed by atoms with Crippen molar-refractivity contribution in [1.29, 1.82) is 0 Å². The Morgan fingerprint density at radius 1 is 1.34 bits per heavy atom. The van der Waals surface area contributed by atoms with Gasteiger partial charge < -0.3 is 4.90 Å². The second kappa shape index (κ2) is 10.7. The number of hydrogen-bond donors (Lipinski definition) is 2. The SMILES string of the molecule is O=CN(O)C[C@@H](CC1CCCC1)C(=O)N1CCC[C@H]1C(=O)NOCc1cccs1. The normalized spacial score (nSPS) is 20.6. The highest BCUT2D eigenvalue weighted by Crippen LogP contribution is 2.32. The lowest BCUT2D eigenvalue weighted by Crippen LogP contribution is -2.49. The van der Waals surface area contributed by atoms with Crippen molar-refractivity contribution in [3.05, 3.63) is 22.4 Å². The smallest absolute Gasteiger partial charge is 0.266 e. The molecule has 1 saturated heterocycles. The first-order valence-corrected chi connectivity index (χ1v) is 11.1. The maximum atomic E-state index is 13.2. The molecule has 0 bridgehead atoms. The van der Waals surface area contributed by atoms with Crippen LogP contribution in [0.2, 0.25) is 0 Å². The fraction of sp³-hybridized carbons (Fsp3) is 0.650. The summed E-state index contributed by atoms with van der Waals surface area (Å²) in [6.45, 7) is 0.737. The molecule has 3 amide bonds. The van der Waals surface area contributed by atoms with Gasteiger partial charge in [-0.2, -0.15) is 0 Å². The minimum absolute atomic E-state index is 0.0431. The van der Waals surface area contributed by atoms with Crippen molar-refractivity contribution in [1.82, 2.24) is 15.4 Å². The van der Waals surface area contributed by atoms with Crippen LogP contribution in [0.5, 0.6) is 0 Å². The third kappa shape index (κ3) is 6.01. The average Bonchev–Trinajstić information content (AvgIpc) is 3.48. The summed E-state index contributed by atoms with van der Waals surface area (Å²) in [4.78, 5) is 44.6. The van der Waals surface area contributed by atoms with Crippen LogP contribution in [0.15, 0.2) is 17.5 Å². The van der Waals surface area contributed by atoms with Crippen molar-refractivity contribution in [2.24, 2.45) is 11.8 Å². The van der Waals surface area contributed by atoms with Crippen molar-refractivity contribution < 1.29 is 24.4 Å². The van der Waals surface area contributed by atoms with Crippen LogP contribution in [0.4, 0.5) is 0 Å². The third-order valence-electron chi connectivity index (χ3n) is 5.78. The van der Waals surface area contributed by atoms with E-state index >= 15 is 0 Å². The molecule has 0 aromatic carbocycles. The van der Waals surface area contributed by atoms with Gasteiger partial charge in [-0.25, -0.2) is 10.5 Å². The molecule has 0 unspecified atom stereocenters. The van der Waals surface area contributed by atoms with Crippen LogP contribution in [-0.4, -0.2) is 52.5 Å². The average molecular weight is 424 g/mol. The van der Waals surface area contributed by atoms with Crippen LogP contribution in [0.1, 0.15) is 49.8 Å². The minimum atomic E-state index is -0.583. The summed E-state index contributed by atoms with van der Waals surface area (Å²) in [5.41, 5.74) is 2.47. The number of hydroxylamine groups is 3. The number of likely N-dealkylation sites (tertiary alicyclic amines) is 1. The van der Waals surface area contributed by atoms with Crippen molar-refractivity contribution in [2.75, 3.05) is 13.1 Å². The zero-order valence-corrected chi connectivity index (χ0v) is 17.3. The molecular weight excluding hydrogens is 394 g/mol. The van der Waals surface area contributed by atoms with Gasteiger partial charge in [0.15, 0.2) is 0 Å². The second-order valence-corrected chi connectivity index (χ2v) is 8.87. The van der Waals surface area contributed by atoms with E-state index in [4.69, 9.17) is 4.84 Å². The summed E-state index contributed by atoms with van der Waals surface area (Å²) < 4.78 is 0. The molecule has 9 heteroatoms. The quantitative estimate of drug-likeness (QED) is 0.342. The Labute approximate surface area is 174 Å². The largest absolute Gasteiger partial charge is 0.330 e. The molecular formula is C20H29N3O5S. The summed E-state index contributed by atoms with van der Waals surface area (Å²) in [5, 5.41) is 12.1. The van der Waals surface area contributed by atoms with Crippen LogP contribution >= 0.6 is 11.3 Å². The van der Waals surface area contributed by atoms with Gasteiger partial charge in [-0.1, -0.05) is 31.7 Å². The fourth-order valence-electron chi connectivity index (χ4n) is 4.35. The molecule has 2 heterocycles. The Balaban J connectivity index is 1.58. The molecule has 160 valence electrons. The van der Waals surface area contributed by atoms with Gasteiger partial charge in [-0.05, 0) is 36.6 Å². The molecule has 1 aliphatic carbocycles. The predicted octanol–water partition coefficient (Wildman–Crippen LogP) is 2.33. The lowest BCUT2D eigenvalue weighted by atomic mass is 9.91. The Hall–Kier alpha value is -1.97. The van der Waals surface area contributed by atoms with Gasteiger partial charge in [0.25, 0.3) is 5.91 Å². The van der Waals surface area contributed by atoms with E-state index in [1.807, 2.05) is 17.5 Å².